The SMILES string of the molecule is ON=C(Cc1ccc(OC2CCCCO2)cc1)c1ccc(OC2CCCCO2)cc1O. The van der Waals surface area contributed by atoms with Crippen LogP contribution >= 0.6 is 0 Å². The molecule has 2 atom stereocenters. The van der Waals surface area contributed by atoms with E-state index in [1.807, 2.05) is 24.3 Å². The highest BCUT2D eigenvalue weighted by molar-refractivity contribution is 6.03. The first-order valence-corrected chi connectivity index (χ1v) is 10.9. The molecule has 0 aromatic heterocycles. The number of phenolic OH excluding ortho intramolecular Hbond substituents is 1. The number of hydrogen-bond acceptors (Lipinski definition) is 7. The van der Waals surface area contributed by atoms with Gasteiger partial charge in [-0.15, -0.1) is 0 Å². The topological polar surface area (TPSA) is 89.7 Å². The van der Waals surface area contributed by atoms with Crippen LogP contribution < -0.4 is 9.47 Å². The molecule has 2 aromatic carbocycles. The van der Waals surface area contributed by atoms with Crippen LogP contribution in [0, 0.1) is 0 Å². The Hall–Kier alpha value is -2.77. The molecular formula is C24H29NO6. The molecule has 0 spiro atoms. The molecule has 2 N–H and O–H groups in total. The number of benzene rings is 2. The van der Waals surface area contributed by atoms with Crippen LogP contribution in [0.3, 0.4) is 0 Å². The Kier molecular flexibility index (Phi) is 7.27. The Labute approximate surface area is 182 Å². The van der Waals surface area contributed by atoms with E-state index in [0.717, 1.165) is 56.4 Å². The van der Waals surface area contributed by atoms with Crippen LogP contribution in [0.2, 0.25) is 0 Å². The predicted octanol–water partition coefficient (Wildman–Crippen LogP) is 4.62. The highest BCUT2D eigenvalue weighted by atomic mass is 16.7. The van der Waals surface area contributed by atoms with Gasteiger partial charge in [-0.2, -0.15) is 0 Å². The van der Waals surface area contributed by atoms with Crippen molar-refractivity contribution in [1.82, 2.24) is 0 Å². The van der Waals surface area contributed by atoms with E-state index < -0.39 is 0 Å². The highest BCUT2D eigenvalue weighted by Crippen LogP contribution is 2.28. The number of aromatic hydroxyl groups is 1. The molecule has 2 heterocycles. The highest BCUT2D eigenvalue weighted by Gasteiger charge is 2.18. The van der Waals surface area contributed by atoms with E-state index in [1.165, 1.54) is 6.07 Å². The van der Waals surface area contributed by atoms with Crippen molar-refractivity contribution in [3.05, 3.63) is 53.6 Å². The van der Waals surface area contributed by atoms with Gasteiger partial charge in [0.15, 0.2) is 12.6 Å². The van der Waals surface area contributed by atoms with E-state index in [9.17, 15) is 10.3 Å². The van der Waals surface area contributed by atoms with Gasteiger partial charge in [-0.25, -0.2) is 0 Å². The number of rotatable bonds is 7. The number of ether oxygens (including phenoxy) is 4. The van der Waals surface area contributed by atoms with Gasteiger partial charge in [0.25, 0.3) is 0 Å². The minimum absolute atomic E-state index is 0.00416. The normalized spacial score (nSPS) is 22.1. The Morgan fingerprint density at radius 1 is 0.871 bits per heavy atom. The molecule has 31 heavy (non-hydrogen) atoms. The lowest BCUT2D eigenvalue weighted by atomic mass is 10.0. The number of oxime groups is 1. The van der Waals surface area contributed by atoms with Crippen LogP contribution in [0.4, 0.5) is 0 Å². The van der Waals surface area contributed by atoms with Gasteiger partial charge in [0, 0.05) is 30.9 Å². The minimum Gasteiger partial charge on any atom is -0.507 e. The van der Waals surface area contributed by atoms with Crippen LogP contribution in [0.25, 0.3) is 0 Å². The first-order valence-electron chi connectivity index (χ1n) is 10.9. The monoisotopic (exact) mass is 427 g/mol. The Balaban J connectivity index is 1.38. The summed E-state index contributed by atoms with van der Waals surface area (Å²) in [4.78, 5) is 0. The molecule has 7 heteroatoms. The maximum Gasteiger partial charge on any atom is 0.199 e. The third kappa shape index (κ3) is 5.89. The second kappa shape index (κ2) is 10.5. The van der Waals surface area contributed by atoms with Gasteiger partial charge in [-0.1, -0.05) is 17.3 Å². The van der Waals surface area contributed by atoms with Crippen molar-refractivity contribution in [3.8, 4) is 17.2 Å². The Morgan fingerprint density at radius 3 is 2.03 bits per heavy atom. The van der Waals surface area contributed by atoms with E-state index in [2.05, 4.69) is 5.16 Å². The number of phenols is 1. The second-order valence-corrected chi connectivity index (χ2v) is 7.87. The third-order valence-corrected chi connectivity index (χ3v) is 5.51. The van der Waals surface area contributed by atoms with Gasteiger partial charge in [-0.05, 0) is 55.5 Å². The molecule has 0 saturated carbocycles. The lowest BCUT2D eigenvalue weighted by molar-refractivity contribution is -0.106. The standard InChI is InChI=1S/C24H29NO6/c26-22-16-19(31-24-6-2-4-14-29-24)11-12-20(22)21(25-27)15-17-7-9-18(10-8-17)30-23-5-1-3-13-28-23/h7-12,16,23-24,26-27H,1-6,13-15H2. The molecule has 0 amide bonds. The van der Waals surface area contributed by atoms with E-state index in [1.54, 1.807) is 12.1 Å². The molecule has 2 unspecified atom stereocenters. The smallest absolute Gasteiger partial charge is 0.199 e. The number of nitrogens with zero attached hydrogens (tertiary/aromatic N) is 1. The molecule has 2 aromatic rings. The summed E-state index contributed by atoms with van der Waals surface area (Å²) < 4.78 is 22.8. The summed E-state index contributed by atoms with van der Waals surface area (Å²) in [6.45, 7) is 1.42. The molecule has 0 aliphatic carbocycles. The Morgan fingerprint density at radius 2 is 1.48 bits per heavy atom. The van der Waals surface area contributed by atoms with Crippen LogP contribution in [-0.4, -0.2) is 41.8 Å². The zero-order chi connectivity index (χ0) is 21.5. The van der Waals surface area contributed by atoms with Crippen molar-refractivity contribution >= 4 is 5.71 Å². The first-order chi connectivity index (χ1) is 15.2. The van der Waals surface area contributed by atoms with E-state index in [0.29, 0.717) is 30.1 Å². The lowest BCUT2D eigenvalue weighted by Gasteiger charge is -2.23. The van der Waals surface area contributed by atoms with E-state index in [4.69, 9.17) is 18.9 Å². The van der Waals surface area contributed by atoms with E-state index >= 15 is 0 Å². The molecule has 2 saturated heterocycles. The predicted molar refractivity (Wildman–Crippen MR) is 115 cm³/mol. The van der Waals surface area contributed by atoms with Crippen molar-refractivity contribution in [2.75, 3.05) is 13.2 Å². The van der Waals surface area contributed by atoms with Crippen molar-refractivity contribution in [3.63, 3.8) is 0 Å². The fraction of sp³-hybridized carbons (Fsp3) is 0.458. The summed E-state index contributed by atoms with van der Waals surface area (Å²) >= 11 is 0. The maximum atomic E-state index is 10.5. The zero-order valence-electron chi connectivity index (χ0n) is 17.5. The van der Waals surface area contributed by atoms with Gasteiger partial charge in [0.1, 0.15) is 17.2 Å². The summed E-state index contributed by atoms with van der Waals surface area (Å²) in [5.41, 5.74) is 1.75. The van der Waals surface area contributed by atoms with Crippen LogP contribution in [0.15, 0.2) is 47.6 Å². The molecule has 2 fully saturated rings. The Bertz CT molecular complexity index is 870. The van der Waals surface area contributed by atoms with E-state index in [-0.39, 0.29) is 18.3 Å². The summed E-state index contributed by atoms with van der Waals surface area (Å²) in [6, 6.07) is 12.6. The summed E-state index contributed by atoms with van der Waals surface area (Å²) in [6.07, 6.45) is 5.91. The van der Waals surface area contributed by atoms with Crippen molar-refractivity contribution in [2.24, 2.45) is 5.16 Å². The quantitative estimate of drug-likeness (QED) is 0.381. The third-order valence-electron chi connectivity index (χ3n) is 5.51. The van der Waals surface area contributed by atoms with Crippen LogP contribution in [0.5, 0.6) is 17.2 Å². The molecule has 0 radical (unpaired) electrons. The lowest BCUT2D eigenvalue weighted by Crippen LogP contribution is -2.25. The molecule has 2 aliphatic heterocycles. The average molecular weight is 427 g/mol. The fourth-order valence-corrected chi connectivity index (χ4v) is 3.80. The van der Waals surface area contributed by atoms with Crippen molar-refractivity contribution in [2.45, 2.75) is 57.5 Å². The summed E-state index contributed by atoms with van der Waals surface area (Å²) in [5, 5.41) is 23.4. The zero-order valence-corrected chi connectivity index (χ0v) is 17.5. The maximum absolute atomic E-state index is 10.5. The molecule has 2 aliphatic rings. The minimum atomic E-state index is -0.287. The van der Waals surface area contributed by atoms with Gasteiger partial charge in [0.05, 0.1) is 18.9 Å². The van der Waals surface area contributed by atoms with Crippen molar-refractivity contribution in [1.29, 1.82) is 0 Å². The van der Waals surface area contributed by atoms with Crippen LogP contribution in [-0.2, 0) is 15.9 Å². The number of hydrogen-bond donors (Lipinski definition) is 2. The van der Waals surface area contributed by atoms with Gasteiger partial charge in [0.2, 0.25) is 0 Å². The second-order valence-electron chi connectivity index (χ2n) is 7.87. The largest absolute Gasteiger partial charge is 0.507 e. The molecular weight excluding hydrogens is 398 g/mol. The van der Waals surface area contributed by atoms with Gasteiger partial charge >= 0.3 is 0 Å². The van der Waals surface area contributed by atoms with Gasteiger partial charge < -0.3 is 29.3 Å². The van der Waals surface area contributed by atoms with Crippen molar-refractivity contribution < 1.29 is 29.3 Å². The average Bonchev–Trinajstić information content (AvgIpc) is 2.80. The first kappa shape index (κ1) is 21.5. The summed E-state index contributed by atoms with van der Waals surface area (Å²) in [5.74, 6) is 1.26. The van der Waals surface area contributed by atoms with Crippen LogP contribution in [0.1, 0.15) is 49.7 Å². The molecule has 4 rings (SSSR count). The fourth-order valence-electron chi connectivity index (χ4n) is 3.80. The molecule has 7 nitrogen and oxygen atoms in total. The van der Waals surface area contributed by atoms with Gasteiger partial charge in [-0.3, -0.25) is 0 Å². The molecule has 0 bridgehead atoms. The molecule has 166 valence electrons. The summed E-state index contributed by atoms with van der Waals surface area (Å²) in [7, 11) is 0.